The molecule has 2 aliphatic heterocycles. The summed E-state index contributed by atoms with van der Waals surface area (Å²) in [6, 6.07) is 27.7. The van der Waals surface area contributed by atoms with Crippen molar-refractivity contribution < 1.29 is 8.78 Å². The van der Waals surface area contributed by atoms with Crippen LogP contribution in [0.5, 0.6) is 0 Å². The summed E-state index contributed by atoms with van der Waals surface area (Å²) < 4.78 is 29.8. The molecule has 0 amide bonds. The first-order valence-corrected chi connectivity index (χ1v) is 23.3. The van der Waals surface area contributed by atoms with Gasteiger partial charge in [0.05, 0.1) is 0 Å². The number of halogens is 4. The highest BCUT2D eigenvalue weighted by molar-refractivity contribution is 6.30. The zero-order valence-electron chi connectivity index (χ0n) is 38.6. The smallest absolute Gasteiger partial charge is 0.149 e. The van der Waals surface area contributed by atoms with E-state index in [9.17, 15) is 8.78 Å². The van der Waals surface area contributed by atoms with Gasteiger partial charge in [-0.3, -0.25) is 0 Å². The Balaban J connectivity index is 0.000000191. The van der Waals surface area contributed by atoms with Crippen molar-refractivity contribution in [2.75, 3.05) is 46.6 Å². The number of nitrogens with one attached hydrogen (secondary N) is 4. The molecular weight excluding hydrogens is 846 g/mol. The molecule has 64 heavy (non-hydrogen) atoms. The second kappa shape index (κ2) is 20.2. The summed E-state index contributed by atoms with van der Waals surface area (Å²) in [6.07, 6.45) is 4.23. The van der Waals surface area contributed by atoms with Gasteiger partial charge < -0.3 is 31.1 Å². The summed E-state index contributed by atoms with van der Waals surface area (Å²) in [6.45, 7) is 22.0. The van der Waals surface area contributed by atoms with E-state index in [1.807, 2.05) is 74.5 Å². The Morgan fingerprint density at radius 1 is 0.547 bits per heavy atom. The van der Waals surface area contributed by atoms with Crippen LogP contribution < -0.4 is 31.1 Å². The molecule has 2 fully saturated rings. The van der Waals surface area contributed by atoms with E-state index in [0.717, 1.165) is 96.3 Å². The first kappa shape index (κ1) is 47.2. The third-order valence-corrected chi connectivity index (χ3v) is 12.2. The summed E-state index contributed by atoms with van der Waals surface area (Å²) in [5.41, 5.74) is 7.14. The highest BCUT2D eigenvalue weighted by Gasteiger charge is 2.27. The van der Waals surface area contributed by atoms with Crippen LogP contribution in [-0.2, 0) is 13.1 Å². The van der Waals surface area contributed by atoms with Crippen molar-refractivity contribution in [2.45, 2.75) is 117 Å². The van der Waals surface area contributed by atoms with Gasteiger partial charge in [0.1, 0.15) is 34.3 Å². The lowest BCUT2D eigenvalue weighted by Gasteiger charge is -2.37. The van der Waals surface area contributed by atoms with E-state index in [0.29, 0.717) is 57.9 Å². The van der Waals surface area contributed by atoms with E-state index in [1.165, 1.54) is 0 Å². The van der Waals surface area contributed by atoms with E-state index in [-0.39, 0.29) is 22.7 Å². The quantitative estimate of drug-likeness (QED) is 0.108. The monoisotopic (exact) mass is 908 g/mol. The third-order valence-electron chi connectivity index (χ3n) is 11.7. The average molecular weight is 910 g/mol. The minimum Gasteiger partial charge on any atom is -0.371 e. The standard InChI is InChI=1S/2C26H32ClFN4/c2*1-17-13-21-23(32-11-9-20(10-12-32)31-26(2,3)4)15-24(30-25(21)22(28)14-17)29-16-18-5-7-19(27)8-6-18/h2*5-8,13-15,20,31H,9-12,16H2,1-4H3,(H,29,30). The molecule has 12 heteroatoms. The Kier molecular flexibility index (Phi) is 14.9. The fourth-order valence-electron chi connectivity index (χ4n) is 8.86. The Morgan fingerprint density at radius 3 is 1.22 bits per heavy atom. The van der Waals surface area contributed by atoms with Crippen molar-refractivity contribution >= 4 is 68.0 Å². The topological polar surface area (TPSA) is 80.4 Å². The molecule has 340 valence electrons. The normalized spacial score (nSPS) is 15.4. The van der Waals surface area contributed by atoms with Crippen molar-refractivity contribution in [3.63, 3.8) is 0 Å². The number of hydrogen-bond acceptors (Lipinski definition) is 8. The highest BCUT2D eigenvalue weighted by atomic mass is 35.5. The molecule has 0 aliphatic carbocycles. The first-order chi connectivity index (χ1) is 30.4. The summed E-state index contributed by atoms with van der Waals surface area (Å²) in [4.78, 5) is 14.0. The predicted octanol–water partition coefficient (Wildman–Crippen LogP) is 12.6. The lowest BCUT2D eigenvalue weighted by Crippen LogP contribution is -2.49. The fourth-order valence-corrected chi connectivity index (χ4v) is 9.11. The van der Waals surface area contributed by atoms with Crippen LogP contribution in [0.2, 0.25) is 10.0 Å². The van der Waals surface area contributed by atoms with Gasteiger partial charge in [-0.15, -0.1) is 0 Å². The third kappa shape index (κ3) is 12.7. The lowest BCUT2D eigenvalue weighted by atomic mass is 9.99. The Labute approximate surface area is 388 Å². The van der Waals surface area contributed by atoms with Gasteiger partial charge in [0, 0.05) is 107 Å². The molecular formula is C52H64Cl2F2N8. The van der Waals surface area contributed by atoms with Gasteiger partial charge in [0.15, 0.2) is 0 Å². The van der Waals surface area contributed by atoms with Crippen molar-refractivity contribution in [1.29, 1.82) is 0 Å². The minimum absolute atomic E-state index is 0.106. The minimum atomic E-state index is -0.277. The number of fused-ring (bicyclic) bond motifs is 2. The molecule has 0 spiro atoms. The van der Waals surface area contributed by atoms with Crippen LogP contribution in [0, 0.1) is 25.5 Å². The fraction of sp³-hybridized carbons (Fsp3) is 0.423. The Bertz CT molecular complexity index is 2340. The van der Waals surface area contributed by atoms with E-state index >= 15 is 0 Å². The molecule has 0 radical (unpaired) electrons. The molecule has 0 atom stereocenters. The number of rotatable bonds is 10. The summed E-state index contributed by atoms with van der Waals surface area (Å²) in [5.74, 6) is 0.807. The molecule has 0 bridgehead atoms. The van der Waals surface area contributed by atoms with Gasteiger partial charge in [0.25, 0.3) is 0 Å². The second-order valence-electron chi connectivity index (χ2n) is 19.6. The van der Waals surface area contributed by atoms with Gasteiger partial charge in [-0.25, -0.2) is 18.7 Å². The van der Waals surface area contributed by atoms with Crippen molar-refractivity contribution in [2.24, 2.45) is 0 Å². The predicted molar refractivity (Wildman–Crippen MR) is 267 cm³/mol. The number of hydrogen-bond donors (Lipinski definition) is 4. The largest absolute Gasteiger partial charge is 0.371 e. The van der Waals surface area contributed by atoms with Crippen LogP contribution in [0.3, 0.4) is 0 Å². The molecule has 2 aliphatic rings. The van der Waals surface area contributed by atoms with Crippen LogP contribution in [0.1, 0.15) is 89.5 Å². The van der Waals surface area contributed by atoms with Crippen molar-refractivity contribution in [3.05, 3.63) is 129 Å². The molecule has 4 heterocycles. The first-order valence-electron chi connectivity index (χ1n) is 22.6. The maximum absolute atomic E-state index is 14.9. The van der Waals surface area contributed by atoms with Gasteiger partial charge in [-0.1, -0.05) is 47.5 Å². The van der Waals surface area contributed by atoms with Crippen molar-refractivity contribution in [3.8, 4) is 0 Å². The van der Waals surface area contributed by atoms with Crippen LogP contribution >= 0.6 is 23.2 Å². The molecule has 4 N–H and O–H groups in total. The number of anilines is 4. The van der Waals surface area contributed by atoms with Crippen LogP contribution in [0.15, 0.2) is 84.9 Å². The number of nitrogens with zero attached hydrogens (tertiary/aromatic N) is 4. The maximum Gasteiger partial charge on any atom is 0.149 e. The molecule has 8 rings (SSSR count). The summed E-state index contributed by atoms with van der Waals surface area (Å²) in [5, 5.41) is 17.4. The SMILES string of the molecule is Cc1cc(F)c2nc(NCc3ccc(Cl)cc3)cc(N3CCC(NC(C)(C)C)CC3)c2c1.Cc1cc(F)c2nc(NCc3ccc(Cl)cc3)cc(N3CCC(NC(C)(C)C)CC3)c2c1. The lowest BCUT2D eigenvalue weighted by molar-refractivity contribution is 0.317. The van der Waals surface area contributed by atoms with E-state index in [4.69, 9.17) is 23.2 Å². The summed E-state index contributed by atoms with van der Waals surface area (Å²) in [7, 11) is 0. The van der Waals surface area contributed by atoms with Crippen molar-refractivity contribution in [1.82, 2.24) is 20.6 Å². The Hall–Kier alpha value is -4.74. The van der Waals surface area contributed by atoms with Gasteiger partial charge in [0.2, 0.25) is 0 Å². The molecule has 0 unspecified atom stereocenters. The summed E-state index contributed by atoms with van der Waals surface area (Å²) >= 11 is 12.0. The molecule has 6 aromatic rings. The van der Waals surface area contributed by atoms with Crippen LogP contribution in [0.4, 0.5) is 31.8 Å². The Morgan fingerprint density at radius 2 is 0.891 bits per heavy atom. The zero-order chi connectivity index (χ0) is 45.8. The molecule has 0 saturated carbocycles. The molecule has 8 nitrogen and oxygen atoms in total. The number of pyridine rings is 2. The molecule has 2 aromatic heterocycles. The van der Waals surface area contributed by atoms with E-state index in [1.54, 1.807) is 12.1 Å². The maximum atomic E-state index is 14.9. The number of piperidine rings is 2. The molecule has 4 aromatic carbocycles. The average Bonchev–Trinajstić information content (AvgIpc) is 3.23. The van der Waals surface area contributed by atoms with Crippen LogP contribution in [-0.4, -0.2) is 59.3 Å². The van der Waals surface area contributed by atoms with E-state index in [2.05, 4.69) is 94.7 Å². The van der Waals surface area contributed by atoms with Crippen LogP contribution in [0.25, 0.3) is 21.8 Å². The second-order valence-corrected chi connectivity index (χ2v) is 20.5. The molecule has 2 saturated heterocycles. The number of benzene rings is 4. The zero-order valence-corrected chi connectivity index (χ0v) is 40.1. The van der Waals surface area contributed by atoms with E-state index < -0.39 is 0 Å². The van der Waals surface area contributed by atoms with Gasteiger partial charge in [-0.05, 0) is 152 Å². The van der Waals surface area contributed by atoms with Gasteiger partial charge >= 0.3 is 0 Å². The number of aryl methyl sites for hydroxylation is 2. The van der Waals surface area contributed by atoms with Gasteiger partial charge in [-0.2, -0.15) is 0 Å². The highest BCUT2D eigenvalue weighted by Crippen LogP contribution is 2.35. The number of aromatic nitrogens is 2.